The van der Waals surface area contributed by atoms with E-state index in [1.165, 1.54) is 16.7 Å². The van der Waals surface area contributed by atoms with Crippen molar-refractivity contribution in [2.24, 2.45) is 0 Å². The van der Waals surface area contributed by atoms with Gasteiger partial charge in [0.05, 0.1) is 7.11 Å². The maximum atomic E-state index is 5.24. The molecular weight excluding hydrogens is 208 g/mol. The third-order valence-electron chi connectivity index (χ3n) is 2.65. The van der Waals surface area contributed by atoms with Gasteiger partial charge in [-0.1, -0.05) is 42.5 Å². The van der Waals surface area contributed by atoms with Crippen LogP contribution in [-0.2, 0) is 0 Å². The molecule has 2 rings (SSSR count). The molecule has 0 heterocycles. The van der Waals surface area contributed by atoms with E-state index in [0.29, 0.717) is 0 Å². The summed E-state index contributed by atoms with van der Waals surface area (Å²) < 4.78 is 5.24. The minimum Gasteiger partial charge on any atom is -0.497 e. The minimum absolute atomic E-state index is 0.888. The van der Waals surface area contributed by atoms with Gasteiger partial charge in [0.25, 0.3) is 0 Å². The summed E-state index contributed by atoms with van der Waals surface area (Å²) in [6.45, 7) is 2.03. The van der Waals surface area contributed by atoms with Gasteiger partial charge in [-0.3, -0.25) is 0 Å². The van der Waals surface area contributed by atoms with Crippen molar-refractivity contribution in [3.63, 3.8) is 0 Å². The Hall–Kier alpha value is -2.02. The molecule has 0 amide bonds. The molecule has 0 saturated carbocycles. The molecule has 2 aromatic rings. The molecule has 1 nitrogen and oxygen atoms in total. The zero-order chi connectivity index (χ0) is 12.1. The lowest BCUT2D eigenvalue weighted by Gasteiger charge is -2.05. The van der Waals surface area contributed by atoms with E-state index in [1.54, 1.807) is 7.11 Å². The number of benzene rings is 2. The fourth-order valence-corrected chi connectivity index (χ4v) is 1.82. The highest BCUT2D eigenvalue weighted by Crippen LogP contribution is 2.24. The quantitative estimate of drug-likeness (QED) is 0.751. The van der Waals surface area contributed by atoms with Crippen LogP contribution in [0.25, 0.3) is 17.2 Å². The van der Waals surface area contributed by atoms with Crippen LogP contribution in [0.4, 0.5) is 0 Å². The number of hydrogen-bond donors (Lipinski definition) is 0. The molecule has 1 heteroatoms. The lowest BCUT2D eigenvalue weighted by atomic mass is 10.0. The topological polar surface area (TPSA) is 9.23 Å². The first-order valence-electron chi connectivity index (χ1n) is 5.70. The van der Waals surface area contributed by atoms with Gasteiger partial charge >= 0.3 is 0 Å². The Kier molecular flexibility index (Phi) is 3.61. The van der Waals surface area contributed by atoms with Crippen LogP contribution in [-0.4, -0.2) is 7.11 Å². The third-order valence-corrected chi connectivity index (χ3v) is 2.65. The average molecular weight is 224 g/mol. The summed E-state index contributed by atoms with van der Waals surface area (Å²) in [5.41, 5.74) is 3.60. The molecule has 0 aliphatic heterocycles. The molecule has 0 unspecified atom stereocenters. The first-order valence-corrected chi connectivity index (χ1v) is 5.70. The SMILES string of the molecule is CC=Cc1cccc(-c2cccc(OC)c2)c1. The van der Waals surface area contributed by atoms with Crippen molar-refractivity contribution >= 4 is 6.08 Å². The summed E-state index contributed by atoms with van der Waals surface area (Å²) in [5, 5.41) is 0. The molecule has 0 aromatic heterocycles. The van der Waals surface area contributed by atoms with Gasteiger partial charge in [0, 0.05) is 0 Å². The minimum atomic E-state index is 0.888. The van der Waals surface area contributed by atoms with E-state index in [1.807, 2.05) is 25.1 Å². The highest BCUT2D eigenvalue weighted by Gasteiger charge is 1.99. The fourth-order valence-electron chi connectivity index (χ4n) is 1.82. The summed E-state index contributed by atoms with van der Waals surface area (Å²) in [6.07, 6.45) is 4.15. The molecule has 0 aliphatic carbocycles. The number of methoxy groups -OCH3 is 1. The lowest BCUT2D eigenvalue weighted by molar-refractivity contribution is 0.415. The Morgan fingerprint density at radius 1 is 0.941 bits per heavy atom. The second-order valence-electron chi connectivity index (χ2n) is 3.86. The Morgan fingerprint density at radius 3 is 2.35 bits per heavy atom. The van der Waals surface area contributed by atoms with Gasteiger partial charge in [-0.05, 0) is 41.8 Å². The predicted molar refractivity (Wildman–Crippen MR) is 73.1 cm³/mol. The first-order chi connectivity index (χ1) is 8.33. The van der Waals surface area contributed by atoms with E-state index in [2.05, 4.69) is 42.5 Å². The van der Waals surface area contributed by atoms with Gasteiger partial charge in [-0.25, -0.2) is 0 Å². The second-order valence-corrected chi connectivity index (χ2v) is 3.86. The highest BCUT2D eigenvalue weighted by molar-refractivity contribution is 5.68. The molecule has 2 aromatic carbocycles. The second kappa shape index (κ2) is 5.35. The molecule has 0 bridgehead atoms. The molecule has 0 radical (unpaired) electrons. The number of allylic oxidation sites excluding steroid dienone is 1. The van der Waals surface area contributed by atoms with E-state index in [0.717, 1.165) is 5.75 Å². The molecule has 0 fully saturated rings. The number of ether oxygens (including phenoxy) is 1. The predicted octanol–water partition coefficient (Wildman–Crippen LogP) is 4.40. The largest absolute Gasteiger partial charge is 0.497 e. The van der Waals surface area contributed by atoms with E-state index in [-0.39, 0.29) is 0 Å². The molecule has 0 atom stereocenters. The molecule has 0 aliphatic rings. The van der Waals surface area contributed by atoms with Crippen LogP contribution in [0.3, 0.4) is 0 Å². The van der Waals surface area contributed by atoms with E-state index in [4.69, 9.17) is 4.74 Å². The van der Waals surface area contributed by atoms with Crippen molar-refractivity contribution in [1.29, 1.82) is 0 Å². The summed E-state index contributed by atoms with van der Waals surface area (Å²) in [5.74, 6) is 0.888. The Labute approximate surface area is 102 Å². The van der Waals surface area contributed by atoms with Crippen molar-refractivity contribution in [3.05, 3.63) is 60.2 Å². The molecule has 0 spiro atoms. The van der Waals surface area contributed by atoms with Crippen LogP contribution >= 0.6 is 0 Å². The Morgan fingerprint density at radius 2 is 1.65 bits per heavy atom. The van der Waals surface area contributed by atoms with Crippen molar-refractivity contribution < 1.29 is 4.74 Å². The van der Waals surface area contributed by atoms with Gasteiger partial charge in [0.2, 0.25) is 0 Å². The third kappa shape index (κ3) is 2.76. The van der Waals surface area contributed by atoms with E-state index < -0.39 is 0 Å². The maximum absolute atomic E-state index is 5.24. The smallest absolute Gasteiger partial charge is 0.119 e. The van der Waals surface area contributed by atoms with E-state index in [9.17, 15) is 0 Å². The van der Waals surface area contributed by atoms with Crippen LogP contribution in [0.15, 0.2) is 54.6 Å². The number of hydrogen-bond acceptors (Lipinski definition) is 1. The van der Waals surface area contributed by atoms with Crippen molar-refractivity contribution in [2.75, 3.05) is 7.11 Å². The van der Waals surface area contributed by atoms with E-state index >= 15 is 0 Å². The molecular formula is C16H16O. The molecule has 0 N–H and O–H groups in total. The van der Waals surface area contributed by atoms with Gasteiger partial charge < -0.3 is 4.74 Å². The number of rotatable bonds is 3. The van der Waals surface area contributed by atoms with Gasteiger partial charge in [0.1, 0.15) is 5.75 Å². The lowest BCUT2D eigenvalue weighted by Crippen LogP contribution is -1.84. The molecule has 86 valence electrons. The molecule has 17 heavy (non-hydrogen) atoms. The van der Waals surface area contributed by atoms with Gasteiger partial charge in [0.15, 0.2) is 0 Å². The van der Waals surface area contributed by atoms with Crippen LogP contribution < -0.4 is 4.74 Å². The standard InChI is InChI=1S/C16H16O/c1-3-6-13-7-4-8-14(11-13)15-9-5-10-16(12-15)17-2/h3-12H,1-2H3. The van der Waals surface area contributed by atoms with Crippen LogP contribution in [0.2, 0.25) is 0 Å². The summed E-state index contributed by atoms with van der Waals surface area (Å²) in [7, 11) is 1.69. The van der Waals surface area contributed by atoms with Crippen molar-refractivity contribution in [1.82, 2.24) is 0 Å². The summed E-state index contributed by atoms with van der Waals surface area (Å²) in [4.78, 5) is 0. The Bertz CT molecular complexity index is 527. The zero-order valence-corrected chi connectivity index (χ0v) is 10.2. The molecule has 0 saturated heterocycles. The fraction of sp³-hybridized carbons (Fsp3) is 0.125. The normalized spacial score (nSPS) is 10.7. The monoisotopic (exact) mass is 224 g/mol. The van der Waals surface area contributed by atoms with Crippen LogP contribution in [0.1, 0.15) is 12.5 Å². The first kappa shape index (κ1) is 11.5. The zero-order valence-electron chi connectivity index (χ0n) is 10.2. The van der Waals surface area contributed by atoms with Crippen LogP contribution in [0.5, 0.6) is 5.75 Å². The highest BCUT2D eigenvalue weighted by atomic mass is 16.5. The summed E-state index contributed by atoms with van der Waals surface area (Å²) in [6, 6.07) is 16.6. The summed E-state index contributed by atoms with van der Waals surface area (Å²) >= 11 is 0. The maximum Gasteiger partial charge on any atom is 0.119 e. The Balaban J connectivity index is 2.41. The van der Waals surface area contributed by atoms with Crippen LogP contribution in [0, 0.1) is 0 Å². The van der Waals surface area contributed by atoms with Crippen molar-refractivity contribution in [2.45, 2.75) is 6.92 Å². The van der Waals surface area contributed by atoms with Gasteiger partial charge in [-0.2, -0.15) is 0 Å². The van der Waals surface area contributed by atoms with Gasteiger partial charge in [-0.15, -0.1) is 0 Å². The van der Waals surface area contributed by atoms with Crippen molar-refractivity contribution in [3.8, 4) is 16.9 Å². The average Bonchev–Trinajstić information content (AvgIpc) is 2.40.